The van der Waals surface area contributed by atoms with Crippen LogP contribution in [0, 0.1) is 0 Å². The summed E-state index contributed by atoms with van der Waals surface area (Å²) in [4.78, 5) is 6.30. The standard InChI is InChI=1S/C51H51N3O7S3/c1-50(2)45(53(30-10-32-63(55,56)57)43-26-18-35-12-5-7-16-41(35)47(43)50)28-20-37-14-9-15-38(49(37)61-40-24-22-39(23-25-40)52-34-62)21-29-46-51(3,4)48-42-17-8-6-13-36(42)19-27-44(48)54(46)31-11-33-64(58,59)60/h5-8,12-13,16-29H,9-11,14-15,30-33H2,1-4H3,(H-,55,56,57,58,59,60)/p+1. The van der Waals surface area contributed by atoms with Gasteiger partial charge in [-0.2, -0.15) is 26.4 Å². The van der Waals surface area contributed by atoms with Gasteiger partial charge in [0.2, 0.25) is 5.69 Å². The molecule has 0 saturated heterocycles. The molecule has 2 aliphatic heterocycles. The van der Waals surface area contributed by atoms with E-state index in [0.29, 0.717) is 24.5 Å². The van der Waals surface area contributed by atoms with Gasteiger partial charge in [-0.05, 0) is 139 Å². The van der Waals surface area contributed by atoms with Crippen LogP contribution in [0.1, 0.15) is 70.9 Å². The van der Waals surface area contributed by atoms with Gasteiger partial charge in [-0.3, -0.25) is 9.11 Å². The van der Waals surface area contributed by atoms with Crippen molar-refractivity contribution in [1.82, 2.24) is 0 Å². The van der Waals surface area contributed by atoms with Crippen molar-refractivity contribution in [2.75, 3.05) is 29.5 Å². The number of allylic oxidation sites excluding steroid dienone is 7. The molecule has 64 heavy (non-hydrogen) atoms. The number of hydrogen-bond donors (Lipinski definition) is 2. The fraction of sp³-hybridized carbons (Fsp3) is 0.294. The van der Waals surface area contributed by atoms with Crippen LogP contribution in [0.5, 0.6) is 5.75 Å². The summed E-state index contributed by atoms with van der Waals surface area (Å²) >= 11 is 4.84. The van der Waals surface area contributed by atoms with Gasteiger partial charge in [-0.1, -0.05) is 74.5 Å². The van der Waals surface area contributed by atoms with Crippen molar-refractivity contribution < 1.29 is 35.3 Å². The Hall–Kier alpha value is -5.53. The summed E-state index contributed by atoms with van der Waals surface area (Å²) in [6, 6.07) is 32.4. The lowest BCUT2D eigenvalue weighted by molar-refractivity contribution is -0.437. The maximum Gasteiger partial charge on any atom is 0.265 e. The molecule has 0 aromatic heterocycles. The number of nitrogens with zero attached hydrogens (tertiary/aromatic N) is 3. The molecule has 0 radical (unpaired) electrons. The average molecular weight is 915 g/mol. The third-order valence-corrected chi connectivity index (χ3v) is 14.4. The lowest BCUT2D eigenvalue weighted by Crippen LogP contribution is -2.28. The molecule has 8 rings (SSSR count). The summed E-state index contributed by atoms with van der Waals surface area (Å²) in [6.45, 7) is 9.56. The Morgan fingerprint density at radius 1 is 0.766 bits per heavy atom. The van der Waals surface area contributed by atoms with E-state index in [-0.39, 0.29) is 24.3 Å². The Bertz CT molecular complexity index is 3120. The zero-order valence-corrected chi connectivity index (χ0v) is 38.9. The second-order valence-electron chi connectivity index (χ2n) is 17.7. The molecule has 2 heterocycles. The van der Waals surface area contributed by atoms with Crippen molar-refractivity contribution >= 4 is 81.9 Å². The molecule has 0 amide bonds. The number of ether oxygens (including phenoxy) is 1. The summed E-state index contributed by atoms with van der Waals surface area (Å²) in [7, 11) is -8.30. The van der Waals surface area contributed by atoms with E-state index < -0.39 is 31.1 Å². The van der Waals surface area contributed by atoms with Crippen molar-refractivity contribution in [1.29, 1.82) is 0 Å². The minimum atomic E-state index is -4.15. The Balaban J connectivity index is 1.25. The van der Waals surface area contributed by atoms with Crippen LogP contribution in [-0.4, -0.2) is 66.0 Å². The Labute approximate surface area is 381 Å². The van der Waals surface area contributed by atoms with Crippen LogP contribution in [0.2, 0.25) is 0 Å². The van der Waals surface area contributed by atoms with Gasteiger partial charge in [-0.15, -0.1) is 0 Å². The highest BCUT2D eigenvalue weighted by atomic mass is 32.2. The lowest BCUT2D eigenvalue weighted by atomic mass is 9.78. The topological polar surface area (TPSA) is 137 Å². The molecule has 0 spiro atoms. The molecule has 10 nitrogen and oxygen atoms in total. The average Bonchev–Trinajstić information content (AvgIpc) is 3.60. The normalized spacial score (nSPS) is 18.4. The molecular formula is C51H52N3O7S3+. The van der Waals surface area contributed by atoms with Crippen LogP contribution in [0.25, 0.3) is 21.5 Å². The highest BCUT2D eigenvalue weighted by Gasteiger charge is 2.46. The van der Waals surface area contributed by atoms with E-state index in [1.807, 2.05) is 48.5 Å². The van der Waals surface area contributed by atoms with Gasteiger partial charge < -0.3 is 9.64 Å². The minimum Gasteiger partial charge on any atom is -0.457 e. The highest BCUT2D eigenvalue weighted by molar-refractivity contribution is 7.86. The molecule has 5 aromatic rings. The van der Waals surface area contributed by atoms with E-state index in [0.717, 1.165) is 91.6 Å². The van der Waals surface area contributed by atoms with Gasteiger partial charge in [0.25, 0.3) is 20.2 Å². The molecule has 330 valence electrons. The van der Waals surface area contributed by atoms with Gasteiger partial charge in [-0.25, -0.2) is 0 Å². The van der Waals surface area contributed by atoms with Gasteiger partial charge in [0.1, 0.15) is 18.1 Å². The lowest BCUT2D eigenvalue weighted by Gasteiger charge is -2.27. The number of rotatable bonds is 14. The molecular weight excluding hydrogens is 863 g/mol. The number of anilines is 1. The van der Waals surface area contributed by atoms with Crippen molar-refractivity contribution in [3.8, 4) is 5.75 Å². The first-order valence-corrected chi connectivity index (χ1v) is 25.1. The van der Waals surface area contributed by atoms with Crippen LogP contribution in [0.4, 0.5) is 17.1 Å². The Morgan fingerprint density at radius 3 is 2.08 bits per heavy atom. The largest absolute Gasteiger partial charge is 0.457 e. The van der Waals surface area contributed by atoms with Gasteiger partial charge in [0.05, 0.1) is 27.8 Å². The Morgan fingerprint density at radius 2 is 1.41 bits per heavy atom. The minimum absolute atomic E-state index is 0.239. The molecule has 2 N–H and O–H groups in total. The smallest absolute Gasteiger partial charge is 0.265 e. The quantitative estimate of drug-likeness (QED) is 0.0483. The zero-order valence-electron chi connectivity index (χ0n) is 36.4. The first-order chi connectivity index (χ1) is 30.5. The van der Waals surface area contributed by atoms with Crippen LogP contribution in [0.3, 0.4) is 0 Å². The fourth-order valence-corrected chi connectivity index (χ4v) is 10.9. The van der Waals surface area contributed by atoms with E-state index in [9.17, 15) is 25.9 Å². The van der Waals surface area contributed by atoms with Crippen molar-refractivity contribution in [3.63, 3.8) is 0 Å². The predicted molar refractivity (Wildman–Crippen MR) is 261 cm³/mol. The SMILES string of the molecule is CC1(C)C(=CC=C2CCCC(C=CC3=[N+](CCCS(=O)(=O)O)c4ccc5ccccc5c4C3(C)C)=C2Oc2ccc(N=C=S)cc2)N(CCCS(=O)(=O)O)c2ccc3ccccc3c21. The van der Waals surface area contributed by atoms with Gasteiger partial charge >= 0.3 is 0 Å². The predicted octanol–water partition coefficient (Wildman–Crippen LogP) is 11.3. The molecule has 13 heteroatoms. The number of fused-ring (bicyclic) bond motifs is 6. The molecule has 1 aliphatic carbocycles. The summed E-state index contributed by atoms with van der Waals surface area (Å²) in [5.74, 6) is 0.651. The molecule has 3 aliphatic rings. The van der Waals surface area contributed by atoms with E-state index in [2.05, 4.69) is 120 Å². The third kappa shape index (κ3) is 9.19. The van der Waals surface area contributed by atoms with E-state index >= 15 is 0 Å². The molecule has 0 saturated carbocycles. The first kappa shape index (κ1) is 45.1. The van der Waals surface area contributed by atoms with Crippen molar-refractivity contribution in [2.45, 2.75) is 70.6 Å². The second-order valence-corrected chi connectivity index (χ2v) is 21.0. The fourth-order valence-electron chi connectivity index (χ4n) is 9.83. The number of benzene rings is 5. The summed E-state index contributed by atoms with van der Waals surface area (Å²) < 4.78 is 75.8. The van der Waals surface area contributed by atoms with E-state index in [4.69, 9.17) is 17.0 Å². The number of aliphatic imine (C=N–C) groups is 1. The molecule has 0 atom stereocenters. The monoisotopic (exact) mass is 914 g/mol. The van der Waals surface area contributed by atoms with Crippen molar-refractivity contribution in [3.05, 3.63) is 155 Å². The van der Waals surface area contributed by atoms with E-state index in [1.165, 1.54) is 0 Å². The first-order valence-electron chi connectivity index (χ1n) is 21.5. The third-order valence-electron chi connectivity index (χ3n) is 12.7. The molecule has 5 aromatic carbocycles. The number of isothiocyanates is 1. The molecule has 0 bridgehead atoms. The molecule has 0 fully saturated rings. The number of thiocarbonyl (C=S) groups is 1. The summed E-state index contributed by atoms with van der Waals surface area (Å²) in [6.07, 6.45) is 11.4. The number of hydrogen-bond acceptors (Lipinski definition) is 8. The Kier molecular flexibility index (Phi) is 12.5. The van der Waals surface area contributed by atoms with Gasteiger partial charge in [0.15, 0.2) is 5.71 Å². The maximum atomic E-state index is 11.9. The van der Waals surface area contributed by atoms with Crippen LogP contribution in [-0.2, 0) is 31.1 Å². The van der Waals surface area contributed by atoms with Crippen LogP contribution >= 0.6 is 12.2 Å². The second kappa shape index (κ2) is 17.8. The van der Waals surface area contributed by atoms with Gasteiger partial charge in [0, 0.05) is 47.5 Å². The van der Waals surface area contributed by atoms with Crippen LogP contribution < -0.4 is 9.64 Å². The van der Waals surface area contributed by atoms with Crippen molar-refractivity contribution in [2.24, 2.45) is 4.99 Å². The maximum absolute atomic E-state index is 11.9. The summed E-state index contributed by atoms with van der Waals surface area (Å²) in [5, 5.41) is 6.92. The summed E-state index contributed by atoms with van der Waals surface area (Å²) in [5.41, 5.74) is 8.04. The molecule has 0 unspecified atom stereocenters. The highest BCUT2D eigenvalue weighted by Crippen LogP contribution is 2.51. The van der Waals surface area contributed by atoms with E-state index in [1.54, 1.807) is 0 Å². The zero-order chi connectivity index (χ0) is 45.4. The van der Waals surface area contributed by atoms with Crippen LogP contribution in [0.15, 0.2) is 149 Å².